The van der Waals surface area contributed by atoms with Gasteiger partial charge in [0.1, 0.15) is 11.5 Å². The first kappa shape index (κ1) is 27.0. The number of nitro groups is 1. The van der Waals surface area contributed by atoms with E-state index in [2.05, 4.69) is 4.90 Å². The first-order chi connectivity index (χ1) is 17.1. The molecule has 0 aliphatic carbocycles. The molecule has 0 spiro atoms. The van der Waals surface area contributed by atoms with Crippen molar-refractivity contribution in [1.82, 2.24) is 9.80 Å². The minimum Gasteiger partial charge on any atom is -0.507 e. The van der Waals surface area contributed by atoms with Gasteiger partial charge in [-0.1, -0.05) is 31.5 Å². The zero-order valence-electron chi connectivity index (χ0n) is 20.2. The van der Waals surface area contributed by atoms with E-state index in [0.717, 1.165) is 25.2 Å². The molecule has 1 saturated heterocycles. The number of phenols is 1. The molecule has 1 amide bonds. The number of hydrogen-bond donors (Lipinski definition) is 2. The summed E-state index contributed by atoms with van der Waals surface area (Å²) in [6.07, 6.45) is 0. The number of amides is 1. The zero-order chi connectivity index (χ0) is 26.6. The van der Waals surface area contributed by atoms with Gasteiger partial charge in [-0.05, 0) is 49.8 Å². The van der Waals surface area contributed by atoms with Gasteiger partial charge in [-0.2, -0.15) is 0 Å². The number of likely N-dealkylation sites (N-methyl/N-ethyl adjacent to an activating group) is 1. The summed E-state index contributed by atoms with van der Waals surface area (Å²) in [5, 5.41) is 32.9. The molecule has 1 aliphatic heterocycles. The second-order valence-electron chi connectivity index (χ2n) is 8.10. The minimum atomic E-state index is -1.11. The topological polar surface area (TPSA) is 133 Å². The molecule has 1 heterocycles. The largest absolute Gasteiger partial charge is 0.507 e. The molecule has 2 aromatic carbocycles. The standard InChI is InChI=1S/C25H28ClN3O7/c1-4-27(5-2)11-12-28-22(15-8-10-19(30)18(13-15)29(34)35)21(24(32)25(28)33)23(31)16-7-9-17(26)20(14-16)36-6-3/h7-10,13-14,22,30-31H,4-6,11-12H2,1-3H3/b23-21-. The number of rotatable bonds is 10. The van der Waals surface area contributed by atoms with Gasteiger partial charge >= 0.3 is 5.69 Å². The molecule has 2 N–H and O–H groups in total. The first-order valence-corrected chi connectivity index (χ1v) is 11.9. The summed E-state index contributed by atoms with van der Waals surface area (Å²) >= 11 is 6.15. The van der Waals surface area contributed by atoms with Crippen LogP contribution in [0.2, 0.25) is 5.02 Å². The number of ether oxygens (including phenoxy) is 1. The summed E-state index contributed by atoms with van der Waals surface area (Å²) in [5.74, 6) is -2.47. The number of aliphatic hydroxyl groups is 1. The molecule has 36 heavy (non-hydrogen) atoms. The van der Waals surface area contributed by atoms with Crippen LogP contribution >= 0.6 is 11.6 Å². The van der Waals surface area contributed by atoms with Gasteiger partial charge in [-0.3, -0.25) is 19.7 Å². The van der Waals surface area contributed by atoms with Gasteiger partial charge in [0.25, 0.3) is 11.7 Å². The predicted octanol–water partition coefficient (Wildman–Crippen LogP) is 4.12. The number of benzene rings is 2. The molecule has 0 radical (unpaired) electrons. The Hall–Kier alpha value is -3.63. The SMILES string of the molecule is CCOc1cc(/C(O)=C2/C(=O)C(=O)N(CCN(CC)CC)C2c2ccc(O)c([N+](=O)[O-])c2)ccc1Cl. The molecule has 10 nitrogen and oxygen atoms in total. The van der Waals surface area contributed by atoms with Crippen molar-refractivity contribution in [1.29, 1.82) is 0 Å². The van der Waals surface area contributed by atoms with E-state index in [1.165, 1.54) is 29.2 Å². The summed E-state index contributed by atoms with van der Waals surface area (Å²) in [6, 6.07) is 6.97. The highest BCUT2D eigenvalue weighted by Crippen LogP contribution is 2.42. The molecule has 1 aliphatic rings. The molecule has 0 aromatic heterocycles. The summed E-state index contributed by atoms with van der Waals surface area (Å²) < 4.78 is 5.48. The van der Waals surface area contributed by atoms with Gasteiger partial charge in [0, 0.05) is 24.7 Å². The molecule has 1 unspecified atom stereocenters. The number of nitro benzene ring substituents is 1. The van der Waals surface area contributed by atoms with Gasteiger partial charge < -0.3 is 24.7 Å². The Balaban J connectivity index is 2.19. The highest BCUT2D eigenvalue weighted by atomic mass is 35.5. The van der Waals surface area contributed by atoms with Crippen molar-refractivity contribution in [2.75, 3.05) is 32.8 Å². The summed E-state index contributed by atoms with van der Waals surface area (Å²) in [6.45, 7) is 8.06. The minimum absolute atomic E-state index is 0.146. The van der Waals surface area contributed by atoms with Crippen LogP contribution in [0.4, 0.5) is 5.69 Å². The molecule has 11 heteroatoms. The number of nitrogens with zero attached hydrogens (tertiary/aromatic N) is 3. The van der Waals surface area contributed by atoms with E-state index in [4.69, 9.17) is 16.3 Å². The van der Waals surface area contributed by atoms with Crippen LogP contribution in [0.3, 0.4) is 0 Å². The van der Waals surface area contributed by atoms with Crippen molar-refractivity contribution in [3.05, 3.63) is 68.2 Å². The van der Waals surface area contributed by atoms with E-state index < -0.39 is 39.9 Å². The molecule has 0 saturated carbocycles. The molecular formula is C25H28ClN3O7. The van der Waals surface area contributed by atoms with Crippen molar-refractivity contribution in [2.45, 2.75) is 26.8 Å². The maximum Gasteiger partial charge on any atom is 0.311 e. The molecule has 1 fully saturated rings. The smallest absolute Gasteiger partial charge is 0.311 e. The monoisotopic (exact) mass is 517 g/mol. The lowest BCUT2D eigenvalue weighted by atomic mass is 9.94. The Morgan fingerprint density at radius 2 is 1.86 bits per heavy atom. The fourth-order valence-corrected chi connectivity index (χ4v) is 4.35. The van der Waals surface area contributed by atoms with Crippen LogP contribution in [0.15, 0.2) is 42.0 Å². The van der Waals surface area contributed by atoms with Gasteiger partial charge in [0.2, 0.25) is 0 Å². The quantitative estimate of drug-likeness (QED) is 0.158. The number of phenolic OH excluding ortho intramolecular Hbond substituents is 1. The molecule has 2 aromatic rings. The Labute approximate surface area is 213 Å². The second kappa shape index (κ2) is 11.4. The maximum atomic E-state index is 13.2. The molecule has 192 valence electrons. The molecule has 0 bridgehead atoms. The molecular weight excluding hydrogens is 490 g/mol. The maximum absolute atomic E-state index is 13.2. The third-order valence-electron chi connectivity index (χ3n) is 6.11. The van der Waals surface area contributed by atoms with Gasteiger partial charge in [0.15, 0.2) is 5.75 Å². The predicted molar refractivity (Wildman–Crippen MR) is 134 cm³/mol. The highest BCUT2D eigenvalue weighted by Gasteiger charge is 2.46. The van der Waals surface area contributed by atoms with Crippen molar-refractivity contribution < 1.29 is 29.5 Å². The molecule has 3 rings (SSSR count). The van der Waals surface area contributed by atoms with E-state index in [1.807, 2.05) is 13.8 Å². The van der Waals surface area contributed by atoms with Crippen molar-refractivity contribution in [3.63, 3.8) is 0 Å². The van der Waals surface area contributed by atoms with Gasteiger partial charge in [0.05, 0.1) is 28.2 Å². The van der Waals surface area contributed by atoms with Crippen LogP contribution in [-0.2, 0) is 9.59 Å². The average molecular weight is 518 g/mol. The van der Waals surface area contributed by atoms with Crippen LogP contribution in [0.5, 0.6) is 11.5 Å². The highest BCUT2D eigenvalue weighted by molar-refractivity contribution is 6.46. The number of aromatic hydroxyl groups is 1. The van der Waals surface area contributed by atoms with Crippen molar-refractivity contribution in [3.8, 4) is 11.5 Å². The van der Waals surface area contributed by atoms with E-state index in [1.54, 1.807) is 6.92 Å². The average Bonchev–Trinajstić information content (AvgIpc) is 3.10. The number of Topliss-reactive ketones (excluding diaryl/α,β-unsaturated/α-hetero) is 1. The van der Waals surface area contributed by atoms with Crippen LogP contribution < -0.4 is 4.74 Å². The lowest BCUT2D eigenvalue weighted by molar-refractivity contribution is -0.385. The third-order valence-corrected chi connectivity index (χ3v) is 6.42. The van der Waals surface area contributed by atoms with Gasteiger partial charge in [-0.15, -0.1) is 0 Å². The summed E-state index contributed by atoms with van der Waals surface area (Å²) in [4.78, 5) is 40.4. The van der Waals surface area contributed by atoms with Gasteiger partial charge in [-0.25, -0.2) is 0 Å². The summed E-state index contributed by atoms with van der Waals surface area (Å²) in [5.41, 5.74) is -0.391. The number of likely N-dealkylation sites (tertiary alicyclic amines) is 1. The van der Waals surface area contributed by atoms with E-state index in [9.17, 15) is 29.9 Å². The van der Waals surface area contributed by atoms with Crippen LogP contribution in [0, 0.1) is 10.1 Å². The number of hydrogen-bond acceptors (Lipinski definition) is 8. The Bertz CT molecular complexity index is 1210. The molecule has 1 atom stereocenters. The van der Waals surface area contributed by atoms with E-state index in [0.29, 0.717) is 18.2 Å². The fraction of sp³-hybridized carbons (Fsp3) is 0.360. The number of carbonyl (C=O) groups excluding carboxylic acids is 2. The van der Waals surface area contributed by atoms with E-state index in [-0.39, 0.29) is 29.0 Å². The van der Waals surface area contributed by atoms with Crippen LogP contribution in [0.25, 0.3) is 5.76 Å². The van der Waals surface area contributed by atoms with E-state index >= 15 is 0 Å². The van der Waals surface area contributed by atoms with Crippen LogP contribution in [0.1, 0.15) is 37.9 Å². The second-order valence-corrected chi connectivity index (χ2v) is 8.51. The fourth-order valence-electron chi connectivity index (χ4n) is 4.18. The lowest BCUT2D eigenvalue weighted by Gasteiger charge is -2.28. The van der Waals surface area contributed by atoms with Crippen molar-refractivity contribution >= 4 is 34.7 Å². The summed E-state index contributed by atoms with van der Waals surface area (Å²) in [7, 11) is 0. The third kappa shape index (κ3) is 5.29. The normalized spacial score (nSPS) is 17.1. The Morgan fingerprint density at radius 3 is 2.47 bits per heavy atom. The number of carbonyl (C=O) groups is 2. The van der Waals surface area contributed by atoms with Crippen molar-refractivity contribution in [2.24, 2.45) is 0 Å². The number of ketones is 1. The Morgan fingerprint density at radius 1 is 1.17 bits per heavy atom. The lowest BCUT2D eigenvalue weighted by Crippen LogP contribution is -2.38. The zero-order valence-corrected chi connectivity index (χ0v) is 21.0. The number of halogens is 1. The first-order valence-electron chi connectivity index (χ1n) is 11.5. The van der Waals surface area contributed by atoms with Crippen LogP contribution in [-0.4, -0.2) is 69.4 Å². The Kier molecular flexibility index (Phi) is 8.54. The number of aliphatic hydroxyl groups excluding tert-OH is 1.